The number of nitrogens with zero attached hydrogens (tertiary/aromatic N) is 1. The summed E-state index contributed by atoms with van der Waals surface area (Å²) in [5.74, 6) is 0.528. The second-order valence-electron chi connectivity index (χ2n) is 5.18. The van der Waals surface area contributed by atoms with Crippen LogP contribution in [-0.4, -0.2) is 38.7 Å². The molecule has 0 heterocycles. The van der Waals surface area contributed by atoms with E-state index in [2.05, 4.69) is 10.2 Å². The number of carbonyl (C=O) groups excluding carboxylic acids is 1. The van der Waals surface area contributed by atoms with Gasteiger partial charge in [-0.05, 0) is 30.7 Å². The molecule has 0 aliphatic carbocycles. The number of anilines is 1. The van der Waals surface area contributed by atoms with E-state index in [0.29, 0.717) is 6.42 Å². The number of carbonyl (C=O) groups is 1. The Morgan fingerprint density at radius 3 is 2.40 bits per heavy atom. The van der Waals surface area contributed by atoms with E-state index in [0.717, 1.165) is 18.0 Å². The fourth-order valence-electron chi connectivity index (χ4n) is 2.00. The smallest absolute Gasteiger partial charge is 0.234 e. The van der Waals surface area contributed by atoms with E-state index < -0.39 is 0 Å². The molecule has 3 N–H and O–H groups in total. The topological polar surface area (TPSA) is 67.6 Å². The summed E-state index contributed by atoms with van der Waals surface area (Å²) in [4.78, 5) is 13.5. The quantitative estimate of drug-likeness (QED) is 0.754. The molecule has 0 radical (unpaired) electrons. The monoisotopic (exact) mass is 279 g/mol. The first kappa shape index (κ1) is 16.3. The third kappa shape index (κ3) is 5.09. The summed E-state index contributed by atoms with van der Waals surface area (Å²) in [5.41, 5.74) is 6.49. The first-order valence-corrected chi connectivity index (χ1v) is 6.84. The summed E-state index contributed by atoms with van der Waals surface area (Å²) < 4.78 is 5.13. The normalized spacial score (nSPS) is 12.2. The van der Waals surface area contributed by atoms with Crippen LogP contribution in [0.25, 0.3) is 0 Å². The average Bonchev–Trinajstić information content (AvgIpc) is 2.42. The number of nitrogens with one attached hydrogen (secondary N) is 1. The zero-order valence-electron chi connectivity index (χ0n) is 12.7. The Morgan fingerprint density at radius 2 is 1.95 bits per heavy atom. The Hall–Kier alpha value is -1.75. The van der Waals surface area contributed by atoms with E-state index in [1.165, 1.54) is 0 Å². The predicted molar refractivity (Wildman–Crippen MR) is 82.1 cm³/mol. The molecule has 5 nitrogen and oxygen atoms in total. The highest BCUT2D eigenvalue weighted by Crippen LogP contribution is 2.18. The van der Waals surface area contributed by atoms with Crippen molar-refractivity contribution in [2.45, 2.75) is 32.4 Å². The van der Waals surface area contributed by atoms with Crippen LogP contribution in [0.15, 0.2) is 24.3 Å². The fourth-order valence-corrected chi connectivity index (χ4v) is 2.00. The SMILES string of the molecule is COc1ccc(N(C)CCC(NC(C)C)C(N)=O)cc1. The van der Waals surface area contributed by atoms with E-state index in [1.54, 1.807) is 7.11 Å². The highest BCUT2D eigenvalue weighted by atomic mass is 16.5. The molecule has 1 atom stereocenters. The molecule has 0 spiro atoms. The summed E-state index contributed by atoms with van der Waals surface area (Å²) in [6.45, 7) is 4.76. The van der Waals surface area contributed by atoms with Gasteiger partial charge in [0.25, 0.3) is 0 Å². The molecule has 112 valence electrons. The van der Waals surface area contributed by atoms with Gasteiger partial charge in [-0.1, -0.05) is 13.8 Å². The molecule has 0 saturated heterocycles. The molecule has 1 unspecified atom stereocenters. The summed E-state index contributed by atoms with van der Waals surface area (Å²) in [5, 5.41) is 3.18. The van der Waals surface area contributed by atoms with Crippen molar-refractivity contribution in [1.82, 2.24) is 5.32 Å². The molecule has 0 saturated carbocycles. The molecule has 5 heteroatoms. The van der Waals surface area contributed by atoms with Crippen LogP contribution in [0.4, 0.5) is 5.69 Å². The molecule has 1 amide bonds. The Kier molecular flexibility index (Phi) is 6.31. The lowest BCUT2D eigenvalue weighted by molar-refractivity contribution is -0.120. The van der Waals surface area contributed by atoms with Crippen molar-refractivity contribution in [3.8, 4) is 5.75 Å². The molecule has 1 rings (SSSR count). The number of benzene rings is 1. The number of primary amides is 1. The van der Waals surface area contributed by atoms with Crippen molar-refractivity contribution in [3.05, 3.63) is 24.3 Å². The van der Waals surface area contributed by atoms with Gasteiger partial charge in [0, 0.05) is 25.3 Å². The molecule has 0 bridgehead atoms. The van der Waals surface area contributed by atoms with E-state index in [-0.39, 0.29) is 18.0 Å². The predicted octanol–water partition coefficient (Wildman–Crippen LogP) is 1.37. The van der Waals surface area contributed by atoms with Crippen LogP contribution in [0.2, 0.25) is 0 Å². The van der Waals surface area contributed by atoms with Gasteiger partial charge in [-0.25, -0.2) is 0 Å². The van der Waals surface area contributed by atoms with Crippen LogP contribution in [-0.2, 0) is 4.79 Å². The Labute approximate surface area is 121 Å². The van der Waals surface area contributed by atoms with Crippen molar-refractivity contribution in [2.24, 2.45) is 5.73 Å². The maximum atomic E-state index is 11.4. The number of hydrogen-bond acceptors (Lipinski definition) is 4. The summed E-state index contributed by atoms with van der Waals surface area (Å²) in [7, 11) is 3.64. The molecule has 0 aliphatic rings. The molecule has 0 aromatic heterocycles. The first-order valence-electron chi connectivity index (χ1n) is 6.84. The molecule has 0 aliphatic heterocycles. The van der Waals surface area contributed by atoms with Crippen LogP contribution in [0.1, 0.15) is 20.3 Å². The Bertz CT molecular complexity index is 418. The van der Waals surface area contributed by atoms with E-state index in [1.807, 2.05) is 45.2 Å². The Morgan fingerprint density at radius 1 is 1.35 bits per heavy atom. The summed E-state index contributed by atoms with van der Waals surface area (Å²) >= 11 is 0. The van der Waals surface area contributed by atoms with Crippen molar-refractivity contribution >= 4 is 11.6 Å². The van der Waals surface area contributed by atoms with Crippen LogP contribution in [0, 0.1) is 0 Å². The zero-order chi connectivity index (χ0) is 15.1. The average molecular weight is 279 g/mol. The third-order valence-corrected chi connectivity index (χ3v) is 3.14. The highest BCUT2D eigenvalue weighted by molar-refractivity contribution is 5.79. The number of methoxy groups -OCH3 is 1. The summed E-state index contributed by atoms with van der Waals surface area (Å²) in [6, 6.07) is 7.77. The van der Waals surface area contributed by atoms with Gasteiger partial charge < -0.3 is 20.7 Å². The second kappa shape index (κ2) is 7.75. The minimum absolute atomic E-state index is 0.235. The number of rotatable bonds is 8. The van der Waals surface area contributed by atoms with Crippen LogP contribution in [0.3, 0.4) is 0 Å². The van der Waals surface area contributed by atoms with Crippen molar-refractivity contribution in [2.75, 3.05) is 25.6 Å². The maximum absolute atomic E-state index is 11.4. The minimum atomic E-state index is -0.304. The van der Waals surface area contributed by atoms with Gasteiger partial charge in [0.15, 0.2) is 0 Å². The lowest BCUT2D eigenvalue weighted by Gasteiger charge is -2.24. The van der Waals surface area contributed by atoms with Crippen LogP contribution in [0.5, 0.6) is 5.75 Å². The van der Waals surface area contributed by atoms with Gasteiger partial charge in [-0.3, -0.25) is 4.79 Å². The number of nitrogens with two attached hydrogens (primary N) is 1. The van der Waals surface area contributed by atoms with Crippen molar-refractivity contribution in [3.63, 3.8) is 0 Å². The van der Waals surface area contributed by atoms with Gasteiger partial charge in [0.1, 0.15) is 5.75 Å². The maximum Gasteiger partial charge on any atom is 0.234 e. The largest absolute Gasteiger partial charge is 0.497 e. The van der Waals surface area contributed by atoms with E-state index >= 15 is 0 Å². The van der Waals surface area contributed by atoms with Gasteiger partial charge in [0.05, 0.1) is 13.2 Å². The molecule has 20 heavy (non-hydrogen) atoms. The molecular formula is C15H25N3O2. The number of amides is 1. The highest BCUT2D eigenvalue weighted by Gasteiger charge is 2.16. The molecule has 0 fully saturated rings. The Balaban J connectivity index is 2.55. The molecule has 1 aromatic carbocycles. The summed E-state index contributed by atoms with van der Waals surface area (Å²) in [6.07, 6.45) is 0.677. The molecule has 1 aromatic rings. The number of hydrogen-bond donors (Lipinski definition) is 2. The van der Waals surface area contributed by atoms with E-state index in [9.17, 15) is 4.79 Å². The van der Waals surface area contributed by atoms with Gasteiger partial charge in [-0.15, -0.1) is 0 Å². The zero-order valence-corrected chi connectivity index (χ0v) is 12.7. The third-order valence-electron chi connectivity index (χ3n) is 3.14. The van der Waals surface area contributed by atoms with Crippen LogP contribution < -0.4 is 20.7 Å². The van der Waals surface area contributed by atoms with E-state index in [4.69, 9.17) is 10.5 Å². The lowest BCUT2D eigenvalue weighted by Crippen LogP contribution is -2.46. The minimum Gasteiger partial charge on any atom is -0.497 e. The van der Waals surface area contributed by atoms with Gasteiger partial charge in [-0.2, -0.15) is 0 Å². The standard InChI is InChI=1S/C15H25N3O2/c1-11(2)17-14(15(16)19)9-10-18(3)12-5-7-13(20-4)8-6-12/h5-8,11,14,17H,9-10H2,1-4H3,(H2,16,19). The molecular weight excluding hydrogens is 254 g/mol. The fraction of sp³-hybridized carbons (Fsp3) is 0.533. The van der Waals surface area contributed by atoms with Crippen LogP contribution >= 0.6 is 0 Å². The van der Waals surface area contributed by atoms with Gasteiger partial charge >= 0.3 is 0 Å². The second-order valence-corrected chi connectivity index (χ2v) is 5.18. The van der Waals surface area contributed by atoms with Crippen molar-refractivity contribution in [1.29, 1.82) is 0 Å². The van der Waals surface area contributed by atoms with Gasteiger partial charge in [0.2, 0.25) is 5.91 Å². The number of ether oxygens (including phenoxy) is 1. The lowest BCUT2D eigenvalue weighted by atomic mass is 10.1. The first-order chi connectivity index (χ1) is 9.43. The van der Waals surface area contributed by atoms with Crippen molar-refractivity contribution < 1.29 is 9.53 Å².